The van der Waals surface area contributed by atoms with Crippen LogP contribution in [0.25, 0.3) is 0 Å². The third kappa shape index (κ3) is 3.87. The summed E-state index contributed by atoms with van der Waals surface area (Å²) in [7, 11) is -3.03. The Morgan fingerprint density at radius 3 is 2.13 bits per heavy atom. The topological polar surface area (TPSA) is 37.4 Å². The van der Waals surface area contributed by atoms with Crippen LogP contribution in [0, 0.1) is 0 Å². The summed E-state index contributed by atoms with van der Waals surface area (Å²) in [4.78, 5) is 1.47. The number of nitrogens with zero attached hydrogens (tertiary/aromatic N) is 1. The van der Waals surface area contributed by atoms with Gasteiger partial charge in [-0.2, -0.15) is 0 Å². The first-order valence-corrected chi connectivity index (χ1v) is 6.33. The molecule has 0 spiro atoms. The van der Waals surface area contributed by atoms with Gasteiger partial charge >= 0.3 is 6.98 Å². The van der Waals surface area contributed by atoms with Gasteiger partial charge in [0.1, 0.15) is 0 Å². The Bertz CT molecular complexity index is 338. The fraction of sp³-hybridized carbons (Fsp3) is 0.714. The smallest absolute Gasteiger partial charge is 0.445 e. The van der Waals surface area contributed by atoms with Crippen LogP contribution in [0.5, 0.6) is 0 Å². The van der Waals surface area contributed by atoms with Crippen LogP contribution in [0.15, 0.2) is 12.1 Å². The standard InChI is InChI=1S/C7H12BF3NO2S/c1-7(8(9,10)11)6-12-2-4-15(13,14)5-3-12/h1-6H2/q-1. The molecule has 0 aromatic rings. The van der Waals surface area contributed by atoms with Gasteiger partial charge in [0.05, 0.1) is 11.5 Å². The minimum atomic E-state index is -5.01. The van der Waals surface area contributed by atoms with E-state index in [0.29, 0.717) is 0 Å². The predicted molar refractivity (Wildman–Crippen MR) is 53.3 cm³/mol. The summed E-state index contributed by atoms with van der Waals surface area (Å²) in [6.45, 7) is -2.00. The monoisotopic (exact) mass is 242 g/mol. The lowest BCUT2D eigenvalue weighted by molar-refractivity contribution is 0.317. The molecule has 1 rings (SSSR count). The highest BCUT2D eigenvalue weighted by atomic mass is 32.2. The molecule has 1 aliphatic rings. The van der Waals surface area contributed by atoms with Crippen molar-refractivity contribution in [1.82, 2.24) is 4.90 Å². The van der Waals surface area contributed by atoms with Gasteiger partial charge < -0.3 is 17.8 Å². The van der Waals surface area contributed by atoms with Crippen LogP contribution in [-0.2, 0) is 9.84 Å². The highest BCUT2D eigenvalue weighted by Crippen LogP contribution is 2.19. The molecule has 0 aromatic heterocycles. The Hall–Kier alpha value is -0.495. The summed E-state index contributed by atoms with van der Waals surface area (Å²) in [5.41, 5.74) is -0.769. The molecule has 0 unspecified atom stereocenters. The molecule has 1 fully saturated rings. The molecule has 0 N–H and O–H groups in total. The van der Waals surface area contributed by atoms with E-state index in [1.54, 1.807) is 0 Å². The lowest BCUT2D eigenvalue weighted by Gasteiger charge is -2.30. The molecule has 0 radical (unpaired) electrons. The van der Waals surface area contributed by atoms with E-state index in [4.69, 9.17) is 0 Å². The van der Waals surface area contributed by atoms with Gasteiger partial charge in [-0.25, -0.2) is 8.42 Å². The molecule has 0 amide bonds. The third-order valence-electron chi connectivity index (χ3n) is 2.33. The van der Waals surface area contributed by atoms with Crippen LogP contribution in [0.4, 0.5) is 12.9 Å². The molecule has 0 saturated carbocycles. The molecule has 0 atom stereocenters. The zero-order chi connectivity index (χ0) is 11.7. The zero-order valence-electron chi connectivity index (χ0n) is 8.13. The molecule has 15 heavy (non-hydrogen) atoms. The second kappa shape index (κ2) is 4.17. The summed E-state index contributed by atoms with van der Waals surface area (Å²) in [6, 6.07) is 0. The fourth-order valence-electron chi connectivity index (χ4n) is 1.30. The van der Waals surface area contributed by atoms with Crippen molar-refractivity contribution in [3.63, 3.8) is 0 Å². The molecule has 88 valence electrons. The van der Waals surface area contributed by atoms with E-state index in [1.165, 1.54) is 4.90 Å². The van der Waals surface area contributed by atoms with Crippen LogP contribution >= 0.6 is 0 Å². The largest absolute Gasteiger partial charge is 0.506 e. The van der Waals surface area contributed by atoms with Gasteiger partial charge in [0.2, 0.25) is 0 Å². The van der Waals surface area contributed by atoms with E-state index >= 15 is 0 Å². The molecule has 1 heterocycles. The second-order valence-electron chi connectivity index (χ2n) is 3.66. The first-order valence-electron chi connectivity index (χ1n) is 4.51. The van der Waals surface area contributed by atoms with E-state index in [2.05, 4.69) is 6.58 Å². The number of halogens is 3. The Labute approximate surface area is 86.9 Å². The molecular formula is C7H12BF3NO2S-. The normalized spacial score (nSPS) is 22.6. The minimum absolute atomic E-state index is 0.0643. The third-order valence-corrected chi connectivity index (χ3v) is 3.94. The maximum absolute atomic E-state index is 12.2. The summed E-state index contributed by atoms with van der Waals surface area (Å²) in [5, 5.41) is 0. The lowest BCUT2D eigenvalue weighted by Crippen LogP contribution is -2.43. The maximum Gasteiger partial charge on any atom is 0.506 e. The SMILES string of the molecule is C=C(CN1CCS(=O)(=O)CC1)[B-](F)(F)F. The van der Waals surface area contributed by atoms with Crippen molar-refractivity contribution in [2.75, 3.05) is 31.1 Å². The Balaban J connectivity index is 2.47. The van der Waals surface area contributed by atoms with E-state index < -0.39 is 22.3 Å². The van der Waals surface area contributed by atoms with Gasteiger partial charge in [0.25, 0.3) is 0 Å². The van der Waals surface area contributed by atoms with Crippen molar-refractivity contribution in [2.24, 2.45) is 0 Å². The summed E-state index contributed by atoms with van der Waals surface area (Å²) in [6.07, 6.45) is 0. The van der Waals surface area contributed by atoms with Crippen LogP contribution in [0.3, 0.4) is 0 Å². The average Bonchev–Trinajstić information content (AvgIpc) is 2.07. The van der Waals surface area contributed by atoms with E-state index in [9.17, 15) is 21.4 Å². The van der Waals surface area contributed by atoms with Crippen molar-refractivity contribution in [1.29, 1.82) is 0 Å². The van der Waals surface area contributed by atoms with E-state index in [-0.39, 0.29) is 31.1 Å². The number of hydrogen-bond acceptors (Lipinski definition) is 3. The molecule has 3 nitrogen and oxygen atoms in total. The fourth-order valence-corrected chi connectivity index (χ4v) is 2.58. The van der Waals surface area contributed by atoms with Gasteiger partial charge in [-0.05, 0) is 6.54 Å². The van der Waals surface area contributed by atoms with Gasteiger partial charge in [-0.1, -0.05) is 0 Å². The lowest BCUT2D eigenvalue weighted by atomic mass is 9.80. The van der Waals surface area contributed by atoms with Crippen LogP contribution < -0.4 is 0 Å². The Morgan fingerprint density at radius 1 is 1.27 bits per heavy atom. The molecule has 0 aliphatic carbocycles. The van der Waals surface area contributed by atoms with Crippen molar-refractivity contribution < 1.29 is 21.4 Å². The summed E-state index contributed by atoms with van der Waals surface area (Å²) in [5.74, 6) is -0.129. The first-order chi connectivity index (χ1) is 6.71. The second-order valence-corrected chi connectivity index (χ2v) is 5.96. The van der Waals surface area contributed by atoms with Gasteiger partial charge in [-0.3, -0.25) is 0 Å². The molecule has 8 heteroatoms. The molecule has 1 saturated heterocycles. The zero-order valence-corrected chi connectivity index (χ0v) is 8.94. The van der Waals surface area contributed by atoms with E-state index in [0.717, 1.165) is 0 Å². The average molecular weight is 242 g/mol. The van der Waals surface area contributed by atoms with Gasteiger partial charge in [0, 0.05) is 13.1 Å². The van der Waals surface area contributed by atoms with Crippen LogP contribution in [-0.4, -0.2) is 51.4 Å². The van der Waals surface area contributed by atoms with Crippen molar-refractivity contribution in [2.45, 2.75) is 0 Å². The predicted octanol–water partition coefficient (Wildman–Crippen LogP) is 0.660. The van der Waals surface area contributed by atoms with Crippen molar-refractivity contribution in [3.05, 3.63) is 12.1 Å². The quantitative estimate of drug-likeness (QED) is 0.682. The van der Waals surface area contributed by atoms with Crippen molar-refractivity contribution in [3.8, 4) is 0 Å². The number of hydrogen-bond donors (Lipinski definition) is 0. The summed E-state index contributed by atoms with van der Waals surface area (Å²) < 4.78 is 58.5. The Morgan fingerprint density at radius 2 is 1.73 bits per heavy atom. The molecule has 0 aromatic carbocycles. The van der Waals surface area contributed by atoms with E-state index in [1.807, 2.05) is 0 Å². The maximum atomic E-state index is 12.2. The van der Waals surface area contributed by atoms with Crippen LogP contribution in [0.1, 0.15) is 0 Å². The van der Waals surface area contributed by atoms with Crippen LogP contribution in [0.2, 0.25) is 0 Å². The Kier molecular flexibility index (Phi) is 3.50. The number of sulfone groups is 1. The van der Waals surface area contributed by atoms with Gasteiger partial charge in [0.15, 0.2) is 9.84 Å². The highest BCUT2D eigenvalue weighted by molar-refractivity contribution is 7.91. The molecular weight excluding hydrogens is 230 g/mol. The highest BCUT2D eigenvalue weighted by Gasteiger charge is 2.29. The molecule has 0 bridgehead atoms. The van der Waals surface area contributed by atoms with Gasteiger partial charge in [-0.15, -0.1) is 12.1 Å². The minimum Gasteiger partial charge on any atom is -0.445 e. The van der Waals surface area contributed by atoms with Crippen molar-refractivity contribution >= 4 is 16.8 Å². The summed E-state index contributed by atoms with van der Waals surface area (Å²) >= 11 is 0. The molecule has 1 aliphatic heterocycles. The first kappa shape index (κ1) is 12.6. The number of rotatable bonds is 3.